The van der Waals surface area contributed by atoms with E-state index in [4.69, 9.17) is 17.3 Å². The quantitative estimate of drug-likeness (QED) is 0.838. The van der Waals surface area contributed by atoms with E-state index in [1.165, 1.54) is 13.2 Å². The molecule has 5 nitrogen and oxygen atoms in total. The van der Waals surface area contributed by atoms with Crippen LogP contribution in [0.3, 0.4) is 0 Å². The van der Waals surface area contributed by atoms with Gasteiger partial charge in [0.2, 0.25) is 5.91 Å². The lowest BCUT2D eigenvalue weighted by Crippen LogP contribution is -2.38. The van der Waals surface area contributed by atoms with E-state index in [1.807, 2.05) is 20.8 Å². The molecule has 0 saturated heterocycles. The molecule has 0 aromatic heterocycles. The van der Waals surface area contributed by atoms with Gasteiger partial charge in [-0.1, -0.05) is 32.4 Å². The average molecular weight is 313 g/mol. The SMILES string of the molecule is COC(=O)c1cc(Cl)ccc1NC(=O)CC(N)C(C)(C)C. The molecule has 0 saturated carbocycles. The Balaban J connectivity index is 2.88. The number of methoxy groups -OCH3 is 1. The Kier molecular flexibility index (Phi) is 5.75. The topological polar surface area (TPSA) is 81.4 Å². The van der Waals surface area contributed by atoms with Crippen molar-refractivity contribution in [1.82, 2.24) is 0 Å². The molecule has 6 heteroatoms. The third-order valence-corrected chi connectivity index (χ3v) is 3.41. The largest absolute Gasteiger partial charge is 0.465 e. The lowest BCUT2D eigenvalue weighted by Gasteiger charge is -2.26. The summed E-state index contributed by atoms with van der Waals surface area (Å²) in [6.07, 6.45) is 0.159. The van der Waals surface area contributed by atoms with Gasteiger partial charge in [-0.3, -0.25) is 4.79 Å². The van der Waals surface area contributed by atoms with Crippen molar-refractivity contribution in [3.05, 3.63) is 28.8 Å². The number of esters is 1. The third-order valence-electron chi connectivity index (χ3n) is 3.18. The molecule has 0 aliphatic heterocycles. The number of carbonyl (C=O) groups excluding carboxylic acids is 2. The van der Waals surface area contributed by atoms with Gasteiger partial charge in [-0.2, -0.15) is 0 Å². The van der Waals surface area contributed by atoms with Crippen molar-refractivity contribution in [3.63, 3.8) is 0 Å². The molecule has 1 unspecified atom stereocenters. The summed E-state index contributed by atoms with van der Waals surface area (Å²) in [7, 11) is 1.27. The Morgan fingerprint density at radius 3 is 2.52 bits per heavy atom. The molecule has 0 aliphatic rings. The smallest absolute Gasteiger partial charge is 0.340 e. The van der Waals surface area contributed by atoms with Crippen molar-refractivity contribution in [2.75, 3.05) is 12.4 Å². The molecule has 1 aromatic carbocycles. The zero-order valence-electron chi connectivity index (χ0n) is 12.7. The van der Waals surface area contributed by atoms with Crippen LogP contribution in [0.4, 0.5) is 5.69 Å². The van der Waals surface area contributed by atoms with Crippen LogP contribution in [0, 0.1) is 5.41 Å². The molecule has 1 rings (SSSR count). The van der Waals surface area contributed by atoms with Gasteiger partial charge in [0.1, 0.15) is 0 Å². The predicted molar refractivity (Wildman–Crippen MR) is 83.5 cm³/mol. The van der Waals surface area contributed by atoms with Gasteiger partial charge in [0.15, 0.2) is 0 Å². The summed E-state index contributed by atoms with van der Waals surface area (Å²) in [6.45, 7) is 5.90. The van der Waals surface area contributed by atoms with E-state index < -0.39 is 5.97 Å². The zero-order chi connectivity index (χ0) is 16.2. The maximum Gasteiger partial charge on any atom is 0.340 e. The molecule has 1 amide bonds. The highest BCUT2D eigenvalue weighted by Crippen LogP contribution is 2.23. The number of benzene rings is 1. The Labute approximate surface area is 129 Å². The van der Waals surface area contributed by atoms with Crippen LogP contribution in [-0.4, -0.2) is 25.0 Å². The molecule has 0 bridgehead atoms. The summed E-state index contributed by atoms with van der Waals surface area (Å²) in [6, 6.07) is 4.32. The van der Waals surface area contributed by atoms with Crippen molar-refractivity contribution in [1.29, 1.82) is 0 Å². The number of rotatable bonds is 4. The maximum absolute atomic E-state index is 12.0. The maximum atomic E-state index is 12.0. The number of carbonyl (C=O) groups is 2. The number of hydrogen-bond donors (Lipinski definition) is 2. The van der Waals surface area contributed by atoms with Gasteiger partial charge < -0.3 is 15.8 Å². The van der Waals surface area contributed by atoms with Crippen LogP contribution in [0.25, 0.3) is 0 Å². The minimum absolute atomic E-state index is 0.159. The van der Waals surface area contributed by atoms with Crippen LogP contribution in [0.2, 0.25) is 5.02 Å². The van der Waals surface area contributed by atoms with Gasteiger partial charge in [0, 0.05) is 17.5 Å². The first-order chi connectivity index (χ1) is 9.65. The van der Waals surface area contributed by atoms with E-state index >= 15 is 0 Å². The lowest BCUT2D eigenvalue weighted by molar-refractivity contribution is -0.117. The van der Waals surface area contributed by atoms with Crippen LogP contribution in [-0.2, 0) is 9.53 Å². The molecular formula is C15H21ClN2O3. The summed E-state index contributed by atoms with van der Waals surface area (Å²) in [4.78, 5) is 23.7. The average Bonchev–Trinajstić information content (AvgIpc) is 2.38. The van der Waals surface area contributed by atoms with Gasteiger partial charge >= 0.3 is 5.97 Å². The number of nitrogens with two attached hydrogens (primary N) is 1. The van der Waals surface area contributed by atoms with Crippen LogP contribution in [0.1, 0.15) is 37.6 Å². The van der Waals surface area contributed by atoms with Gasteiger partial charge in [0.25, 0.3) is 0 Å². The van der Waals surface area contributed by atoms with Crippen LogP contribution in [0.15, 0.2) is 18.2 Å². The normalized spacial score (nSPS) is 12.7. The van der Waals surface area contributed by atoms with Gasteiger partial charge in [-0.05, 0) is 23.6 Å². The minimum Gasteiger partial charge on any atom is -0.465 e. The fourth-order valence-electron chi connectivity index (χ4n) is 1.61. The standard InChI is InChI=1S/C15H21ClN2O3/c1-15(2,3)12(17)8-13(19)18-11-6-5-9(16)7-10(11)14(20)21-4/h5-7,12H,8,17H2,1-4H3,(H,18,19). The van der Waals surface area contributed by atoms with Gasteiger partial charge in [-0.25, -0.2) is 4.79 Å². The molecule has 0 radical (unpaired) electrons. The molecule has 21 heavy (non-hydrogen) atoms. The number of anilines is 1. The molecule has 3 N–H and O–H groups in total. The molecule has 0 heterocycles. The Bertz CT molecular complexity index is 538. The summed E-state index contributed by atoms with van der Waals surface area (Å²) < 4.78 is 4.68. The second-order valence-corrected chi connectivity index (χ2v) is 6.34. The Hall–Kier alpha value is -1.59. The summed E-state index contributed by atoms with van der Waals surface area (Å²) in [5.74, 6) is -0.821. The molecular weight excluding hydrogens is 292 g/mol. The summed E-state index contributed by atoms with van der Waals surface area (Å²) in [5.41, 5.74) is 6.37. The first-order valence-electron chi connectivity index (χ1n) is 6.58. The van der Waals surface area contributed by atoms with E-state index in [2.05, 4.69) is 10.1 Å². The predicted octanol–water partition coefficient (Wildman–Crippen LogP) is 2.83. The van der Waals surface area contributed by atoms with Gasteiger partial charge in [-0.15, -0.1) is 0 Å². The van der Waals surface area contributed by atoms with Crippen molar-refractivity contribution >= 4 is 29.2 Å². The zero-order valence-corrected chi connectivity index (χ0v) is 13.5. The molecule has 0 fully saturated rings. The number of amides is 1. The lowest BCUT2D eigenvalue weighted by atomic mass is 9.85. The summed E-state index contributed by atoms with van der Waals surface area (Å²) in [5, 5.41) is 3.07. The van der Waals surface area contributed by atoms with Crippen molar-refractivity contribution < 1.29 is 14.3 Å². The van der Waals surface area contributed by atoms with E-state index in [0.29, 0.717) is 10.7 Å². The van der Waals surface area contributed by atoms with E-state index in [-0.39, 0.29) is 29.3 Å². The van der Waals surface area contributed by atoms with E-state index in [1.54, 1.807) is 12.1 Å². The first-order valence-corrected chi connectivity index (χ1v) is 6.96. The molecule has 0 aliphatic carbocycles. The Morgan fingerprint density at radius 1 is 1.38 bits per heavy atom. The number of nitrogens with one attached hydrogen (secondary N) is 1. The van der Waals surface area contributed by atoms with Crippen LogP contribution >= 0.6 is 11.6 Å². The van der Waals surface area contributed by atoms with E-state index in [9.17, 15) is 9.59 Å². The van der Waals surface area contributed by atoms with Crippen molar-refractivity contribution in [2.24, 2.45) is 11.1 Å². The van der Waals surface area contributed by atoms with Gasteiger partial charge in [0.05, 0.1) is 18.4 Å². The Morgan fingerprint density at radius 2 is 2.00 bits per heavy atom. The van der Waals surface area contributed by atoms with E-state index in [0.717, 1.165) is 0 Å². The van der Waals surface area contributed by atoms with Crippen LogP contribution in [0.5, 0.6) is 0 Å². The second-order valence-electron chi connectivity index (χ2n) is 5.91. The van der Waals surface area contributed by atoms with Crippen molar-refractivity contribution in [3.8, 4) is 0 Å². The van der Waals surface area contributed by atoms with Crippen LogP contribution < -0.4 is 11.1 Å². The molecule has 116 valence electrons. The monoisotopic (exact) mass is 312 g/mol. The summed E-state index contributed by atoms with van der Waals surface area (Å²) >= 11 is 5.86. The fourth-order valence-corrected chi connectivity index (χ4v) is 1.78. The minimum atomic E-state index is -0.562. The molecule has 1 aromatic rings. The first kappa shape index (κ1) is 17.5. The highest BCUT2D eigenvalue weighted by atomic mass is 35.5. The second kappa shape index (κ2) is 6.91. The molecule has 0 spiro atoms. The highest BCUT2D eigenvalue weighted by Gasteiger charge is 2.24. The molecule has 1 atom stereocenters. The fraction of sp³-hybridized carbons (Fsp3) is 0.467. The number of halogens is 1. The number of ether oxygens (including phenoxy) is 1. The third kappa shape index (κ3) is 5.02. The van der Waals surface area contributed by atoms with Crippen molar-refractivity contribution in [2.45, 2.75) is 33.2 Å². The number of hydrogen-bond acceptors (Lipinski definition) is 4. The highest BCUT2D eigenvalue weighted by molar-refractivity contribution is 6.31.